The molecule has 0 aliphatic rings. The highest BCUT2D eigenvalue weighted by Gasteiger charge is 2.20. The van der Waals surface area contributed by atoms with Gasteiger partial charge in [0.25, 0.3) is 5.91 Å². The second-order valence-corrected chi connectivity index (χ2v) is 5.52. The zero-order valence-electron chi connectivity index (χ0n) is 14.6. The van der Waals surface area contributed by atoms with E-state index < -0.39 is 29.1 Å². The number of anilines is 1. The first-order valence-electron chi connectivity index (χ1n) is 7.69. The molecule has 8 heteroatoms. The summed E-state index contributed by atoms with van der Waals surface area (Å²) in [4.78, 5) is 34.0. The third kappa shape index (κ3) is 4.35. The molecule has 2 aromatic carbocycles. The van der Waals surface area contributed by atoms with E-state index in [4.69, 9.17) is 4.74 Å². The van der Waals surface area contributed by atoms with E-state index in [9.17, 15) is 19.7 Å². The lowest BCUT2D eigenvalue weighted by Gasteiger charge is -2.11. The number of amides is 1. The van der Waals surface area contributed by atoms with E-state index in [1.165, 1.54) is 19.2 Å². The molecule has 0 aliphatic carbocycles. The number of aryl methyl sites for hydroxylation is 1. The molecule has 1 amide bonds. The summed E-state index contributed by atoms with van der Waals surface area (Å²) >= 11 is 0. The summed E-state index contributed by atoms with van der Waals surface area (Å²) in [6.45, 7) is 3.39. The van der Waals surface area contributed by atoms with E-state index >= 15 is 0 Å². The Balaban J connectivity index is 2.11. The molecule has 136 valence electrons. The molecule has 0 saturated heterocycles. The van der Waals surface area contributed by atoms with Crippen molar-refractivity contribution in [3.05, 3.63) is 63.2 Å². The number of hydrogen-bond acceptors (Lipinski definition) is 6. The summed E-state index contributed by atoms with van der Waals surface area (Å²) in [5.41, 5.74) is 2.19. The number of methoxy groups -OCH3 is 1. The van der Waals surface area contributed by atoms with Crippen LogP contribution in [0.25, 0.3) is 0 Å². The highest BCUT2D eigenvalue weighted by molar-refractivity contribution is 5.93. The SMILES string of the molecule is COC(=O)c1ccc(OCC(=O)Nc2cccc(C)c2C)c([N+](=O)[O-])c1. The number of esters is 1. The third-order valence-electron chi connectivity index (χ3n) is 3.81. The van der Waals surface area contributed by atoms with Crippen LogP contribution in [-0.2, 0) is 9.53 Å². The lowest BCUT2D eigenvalue weighted by Crippen LogP contribution is -2.21. The summed E-state index contributed by atoms with van der Waals surface area (Å²) in [7, 11) is 1.18. The molecule has 26 heavy (non-hydrogen) atoms. The number of nitrogens with zero attached hydrogens (tertiary/aromatic N) is 1. The lowest BCUT2D eigenvalue weighted by atomic mass is 10.1. The molecule has 0 atom stereocenters. The topological polar surface area (TPSA) is 108 Å². The average Bonchev–Trinajstić information content (AvgIpc) is 2.63. The molecule has 0 saturated carbocycles. The predicted molar refractivity (Wildman–Crippen MR) is 94.5 cm³/mol. The Kier molecular flexibility index (Phi) is 5.90. The van der Waals surface area contributed by atoms with Gasteiger partial charge in [0.1, 0.15) is 0 Å². The Bertz CT molecular complexity index is 863. The van der Waals surface area contributed by atoms with Gasteiger partial charge in [-0.05, 0) is 43.2 Å². The summed E-state index contributed by atoms with van der Waals surface area (Å²) in [6, 6.07) is 9.13. The molecule has 0 heterocycles. The number of benzene rings is 2. The molecule has 0 aromatic heterocycles. The number of nitro benzene ring substituents is 1. The van der Waals surface area contributed by atoms with Gasteiger partial charge in [-0.15, -0.1) is 0 Å². The zero-order valence-corrected chi connectivity index (χ0v) is 14.6. The molecular formula is C18H18N2O6. The number of carbonyl (C=O) groups is 2. The van der Waals surface area contributed by atoms with Crippen molar-refractivity contribution in [1.29, 1.82) is 0 Å². The van der Waals surface area contributed by atoms with Gasteiger partial charge in [0.05, 0.1) is 17.6 Å². The second-order valence-electron chi connectivity index (χ2n) is 5.52. The molecular weight excluding hydrogens is 340 g/mol. The van der Waals surface area contributed by atoms with Gasteiger partial charge in [-0.3, -0.25) is 14.9 Å². The first-order valence-corrected chi connectivity index (χ1v) is 7.69. The summed E-state index contributed by atoms with van der Waals surface area (Å²) < 4.78 is 9.79. The Hall–Kier alpha value is -3.42. The summed E-state index contributed by atoms with van der Waals surface area (Å²) in [5, 5.41) is 13.9. The first-order chi connectivity index (χ1) is 12.3. The molecule has 0 fully saturated rings. The average molecular weight is 358 g/mol. The van der Waals surface area contributed by atoms with Gasteiger partial charge in [0, 0.05) is 11.8 Å². The van der Waals surface area contributed by atoms with E-state index in [1.54, 1.807) is 6.07 Å². The van der Waals surface area contributed by atoms with E-state index in [0.717, 1.165) is 17.2 Å². The van der Waals surface area contributed by atoms with Crippen LogP contribution in [0.15, 0.2) is 36.4 Å². The molecule has 0 radical (unpaired) electrons. The standard InChI is InChI=1S/C18H18N2O6/c1-11-5-4-6-14(12(11)2)19-17(21)10-26-16-8-7-13(18(22)25-3)9-15(16)20(23)24/h4-9H,10H2,1-3H3,(H,19,21). The molecule has 0 aliphatic heterocycles. The Morgan fingerprint density at radius 1 is 1.19 bits per heavy atom. The van der Waals surface area contributed by atoms with Gasteiger partial charge < -0.3 is 14.8 Å². The first kappa shape index (κ1) is 18.9. The Labute approximate surface area is 149 Å². The fourth-order valence-corrected chi connectivity index (χ4v) is 2.24. The number of rotatable bonds is 6. The van der Waals surface area contributed by atoms with Crippen LogP contribution in [0.5, 0.6) is 5.75 Å². The number of hydrogen-bond donors (Lipinski definition) is 1. The van der Waals surface area contributed by atoms with Crippen LogP contribution < -0.4 is 10.1 Å². The molecule has 8 nitrogen and oxygen atoms in total. The maximum absolute atomic E-state index is 12.1. The van der Waals surface area contributed by atoms with Gasteiger partial charge >= 0.3 is 11.7 Å². The Morgan fingerprint density at radius 3 is 2.58 bits per heavy atom. The van der Waals surface area contributed by atoms with Gasteiger partial charge in [0.15, 0.2) is 12.4 Å². The minimum absolute atomic E-state index is 0.0198. The van der Waals surface area contributed by atoms with Crippen LogP contribution in [-0.4, -0.2) is 30.5 Å². The minimum Gasteiger partial charge on any atom is -0.477 e. The number of carbonyl (C=O) groups excluding carboxylic acids is 2. The van der Waals surface area contributed by atoms with E-state index in [0.29, 0.717) is 5.69 Å². The lowest BCUT2D eigenvalue weighted by molar-refractivity contribution is -0.385. The fourth-order valence-electron chi connectivity index (χ4n) is 2.24. The maximum Gasteiger partial charge on any atom is 0.338 e. The summed E-state index contributed by atoms with van der Waals surface area (Å²) in [5.74, 6) is -1.27. The molecule has 2 aromatic rings. The highest BCUT2D eigenvalue weighted by Crippen LogP contribution is 2.28. The molecule has 2 rings (SSSR count). The second kappa shape index (κ2) is 8.11. The van der Waals surface area contributed by atoms with Crippen molar-refractivity contribution in [2.45, 2.75) is 13.8 Å². The van der Waals surface area contributed by atoms with E-state index in [-0.39, 0.29) is 11.3 Å². The Morgan fingerprint density at radius 2 is 1.92 bits per heavy atom. The highest BCUT2D eigenvalue weighted by atomic mass is 16.6. The van der Waals surface area contributed by atoms with Gasteiger partial charge in [-0.1, -0.05) is 12.1 Å². The largest absolute Gasteiger partial charge is 0.477 e. The molecule has 0 unspecified atom stereocenters. The third-order valence-corrected chi connectivity index (χ3v) is 3.81. The number of ether oxygens (including phenoxy) is 2. The zero-order chi connectivity index (χ0) is 19.3. The van der Waals surface area contributed by atoms with Gasteiger partial charge in [-0.2, -0.15) is 0 Å². The van der Waals surface area contributed by atoms with Crippen molar-refractivity contribution in [2.24, 2.45) is 0 Å². The van der Waals surface area contributed by atoms with Crippen molar-refractivity contribution >= 4 is 23.3 Å². The van der Waals surface area contributed by atoms with Gasteiger partial charge in [0.2, 0.25) is 0 Å². The van der Waals surface area contributed by atoms with Crippen molar-refractivity contribution < 1.29 is 24.0 Å². The van der Waals surface area contributed by atoms with E-state index in [1.807, 2.05) is 26.0 Å². The van der Waals surface area contributed by atoms with Gasteiger partial charge in [-0.25, -0.2) is 4.79 Å². The van der Waals surface area contributed by atoms with Crippen LogP contribution in [0.1, 0.15) is 21.5 Å². The maximum atomic E-state index is 12.1. The number of nitrogens with one attached hydrogen (secondary N) is 1. The van der Waals surface area contributed by atoms with E-state index in [2.05, 4.69) is 10.1 Å². The van der Waals surface area contributed by atoms with Crippen molar-refractivity contribution in [3.8, 4) is 5.75 Å². The fraction of sp³-hybridized carbons (Fsp3) is 0.222. The van der Waals surface area contributed by atoms with Crippen LogP contribution in [0.4, 0.5) is 11.4 Å². The quantitative estimate of drug-likeness (QED) is 0.483. The smallest absolute Gasteiger partial charge is 0.338 e. The van der Waals surface area contributed by atoms with Crippen molar-refractivity contribution in [2.75, 3.05) is 19.0 Å². The number of nitro groups is 1. The van der Waals surface area contributed by atoms with Crippen LogP contribution in [0.2, 0.25) is 0 Å². The normalized spacial score (nSPS) is 10.1. The molecule has 0 spiro atoms. The van der Waals surface area contributed by atoms with Crippen molar-refractivity contribution in [1.82, 2.24) is 0 Å². The summed E-state index contributed by atoms with van der Waals surface area (Å²) in [6.07, 6.45) is 0. The monoisotopic (exact) mass is 358 g/mol. The van der Waals surface area contributed by atoms with Crippen molar-refractivity contribution in [3.63, 3.8) is 0 Å². The molecule has 0 bridgehead atoms. The minimum atomic E-state index is -0.702. The molecule has 1 N–H and O–H groups in total. The van der Waals surface area contributed by atoms with Crippen LogP contribution in [0, 0.1) is 24.0 Å². The predicted octanol–water partition coefficient (Wildman–Crippen LogP) is 3.02. The van der Waals surface area contributed by atoms with Crippen LogP contribution in [0.3, 0.4) is 0 Å². The van der Waals surface area contributed by atoms with Crippen LogP contribution >= 0.6 is 0 Å².